The number of pyridine rings is 1. The third kappa shape index (κ3) is 2.41. The molecule has 1 aromatic heterocycles. The predicted octanol–water partition coefficient (Wildman–Crippen LogP) is 2.69. The molecule has 0 spiro atoms. The van der Waals surface area contributed by atoms with Crippen molar-refractivity contribution < 1.29 is 4.74 Å². The fraction of sp³-hybridized carbons (Fsp3) is 0.583. The molecule has 0 radical (unpaired) electrons. The average molecular weight is 206 g/mol. The molecular weight excluding hydrogens is 188 g/mol. The molecule has 82 valence electrons. The summed E-state index contributed by atoms with van der Waals surface area (Å²) >= 11 is 0. The Labute approximate surface area is 90.9 Å². The third-order valence-electron chi connectivity index (χ3n) is 3.20. The molecule has 3 heteroatoms. The minimum Gasteiger partial charge on any atom is -0.481 e. The summed E-state index contributed by atoms with van der Waals surface area (Å²) < 4.78 is 5.09. The first-order valence-corrected chi connectivity index (χ1v) is 5.56. The van der Waals surface area contributed by atoms with Crippen molar-refractivity contribution in [3.63, 3.8) is 0 Å². The number of nitrogens with one attached hydrogen (secondary N) is 1. The van der Waals surface area contributed by atoms with Gasteiger partial charge >= 0.3 is 0 Å². The van der Waals surface area contributed by atoms with Crippen LogP contribution in [0.15, 0.2) is 18.3 Å². The van der Waals surface area contributed by atoms with Crippen molar-refractivity contribution in [1.82, 2.24) is 4.98 Å². The molecule has 15 heavy (non-hydrogen) atoms. The fourth-order valence-corrected chi connectivity index (χ4v) is 1.93. The first-order chi connectivity index (χ1) is 7.29. The number of hydrogen-bond donors (Lipinski definition) is 1. The molecule has 0 amide bonds. The maximum Gasteiger partial charge on any atom is 0.214 e. The second kappa shape index (κ2) is 4.51. The Kier molecular flexibility index (Phi) is 3.09. The van der Waals surface area contributed by atoms with Crippen LogP contribution in [-0.2, 0) is 0 Å². The highest BCUT2D eigenvalue weighted by Crippen LogP contribution is 2.31. The molecule has 1 heterocycles. The van der Waals surface area contributed by atoms with Crippen LogP contribution in [0.2, 0.25) is 0 Å². The topological polar surface area (TPSA) is 34.1 Å². The monoisotopic (exact) mass is 206 g/mol. The molecule has 3 nitrogen and oxygen atoms in total. The van der Waals surface area contributed by atoms with Crippen LogP contribution < -0.4 is 10.1 Å². The van der Waals surface area contributed by atoms with Crippen molar-refractivity contribution in [2.24, 2.45) is 5.92 Å². The number of aromatic nitrogens is 1. The zero-order chi connectivity index (χ0) is 10.7. The first-order valence-electron chi connectivity index (χ1n) is 5.56. The average Bonchev–Trinajstić information content (AvgIpc) is 2.15. The van der Waals surface area contributed by atoms with Gasteiger partial charge in [0.05, 0.1) is 7.11 Å². The summed E-state index contributed by atoms with van der Waals surface area (Å²) in [4.78, 5) is 4.08. The second-order valence-corrected chi connectivity index (χ2v) is 4.21. The Bertz CT molecular complexity index is 323. The molecule has 0 aliphatic heterocycles. The lowest BCUT2D eigenvalue weighted by molar-refractivity contribution is 0.285. The van der Waals surface area contributed by atoms with Crippen LogP contribution in [0.1, 0.15) is 26.2 Å². The van der Waals surface area contributed by atoms with Gasteiger partial charge in [-0.15, -0.1) is 0 Å². The molecule has 2 rings (SSSR count). The number of hydrogen-bond acceptors (Lipinski definition) is 3. The van der Waals surface area contributed by atoms with Gasteiger partial charge in [-0.1, -0.05) is 6.42 Å². The maximum absolute atomic E-state index is 5.09. The van der Waals surface area contributed by atoms with Crippen molar-refractivity contribution in [2.75, 3.05) is 12.4 Å². The highest BCUT2D eigenvalue weighted by molar-refractivity contribution is 5.45. The summed E-state index contributed by atoms with van der Waals surface area (Å²) in [6.07, 6.45) is 5.87. The van der Waals surface area contributed by atoms with Gasteiger partial charge in [0.2, 0.25) is 5.88 Å². The van der Waals surface area contributed by atoms with Crippen molar-refractivity contribution in [2.45, 2.75) is 32.2 Å². The van der Waals surface area contributed by atoms with Gasteiger partial charge in [0.1, 0.15) is 0 Å². The van der Waals surface area contributed by atoms with Gasteiger partial charge in [-0.3, -0.25) is 0 Å². The highest BCUT2D eigenvalue weighted by atomic mass is 16.5. The summed E-state index contributed by atoms with van der Waals surface area (Å²) in [6, 6.07) is 4.47. The summed E-state index contributed by atoms with van der Waals surface area (Å²) in [5.41, 5.74) is 1.10. The number of anilines is 1. The minimum atomic E-state index is 0.547. The molecule has 1 fully saturated rings. The van der Waals surface area contributed by atoms with Crippen LogP contribution >= 0.6 is 0 Å². The van der Waals surface area contributed by atoms with Gasteiger partial charge in [-0.05, 0) is 31.7 Å². The highest BCUT2D eigenvalue weighted by Gasteiger charge is 2.23. The summed E-state index contributed by atoms with van der Waals surface area (Å²) in [5, 5.41) is 3.50. The van der Waals surface area contributed by atoms with Crippen LogP contribution in [0.3, 0.4) is 0 Å². The van der Waals surface area contributed by atoms with Gasteiger partial charge in [-0.2, -0.15) is 0 Å². The van der Waals surface area contributed by atoms with Crippen LogP contribution in [0.25, 0.3) is 0 Å². The molecule has 1 aromatic rings. The van der Waals surface area contributed by atoms with Crippen molar-refractivity contribution >= 4 is 5.69 Å². The third-order valence-corrected chi connectivity index (χ3v) is 3.20. The van der Waals surface area contributed by atoms with E-state index in [-0.39, 0.29) is 0 Å². The van der Waals surface area contributed by atoms with Gasteiger partial charge in [-0.25, -0.2) is 4.98 Å². The predicted molar refractivity (Wildman–Crippen MR) is 61.2 cm³/mol. The molecule has 1 aliphatic carbocycles. The molecule has 0 bridgehead atoms. The van der Waals surface area contributed by atoms with E-state index in [1.165, 1.54) is 19.3 Å². The van der Waals surface area contributed by atoms with Crippen LogP contribution in [0, 0.1) is 5.92 Å². The molecular formula is C12H18N2O. The van der Waals surface area contributed by atoms with E-state index in [4.69, 9.17) is 4.74 Å². The van der Waals surface area contributed by atoms with E-state index < -0.39 is 0 Å². The smallest absolute Gasteiger partial charge is 0.214 e. The molecule has 1 atom stereocenters. The van der Waals surface area contributed by atoms with Crippen molar-refractivity contribution in [3.8, 4) is 5.88 Å². The van der Waals surface area contributed by atoms with Crippen LogP contribution in [0.5, 0.6) is 5.88 Å². The number of ether oxygens (including phenoxy) is 1. The van der Waals surface area contributed by atoms with E-state index in [1.807, 2.05) is 12.1 Å². The van der Waals surface area contributed by atoms with Crippen LogP contribution in [-0.4, -0.2) is 18.1 Å². The lowest BCUT2D eigenvalue weighted by Crippen LogP contribution is -2.30. The summed E-state index contributed by atoms with van der Waals surface area (Å²) in [6.45, 7) is 2.25. The number of nitrogens with zero attached hydrogens (tertiary/aromatic N) is 1. The molecule has 1 N–H and O–H groups in total. The Morgan fingerprint density at radius 1 is 1.53 bits per heavy atom. The van der Waals surface area contributed by atoms with Gasteiger partial charge in [0.25, 0.3) is 0 Å². The fourth-order valence-electron chi connectivity index (χ4n) is 1.93. The zero-order valence-electron chi connectivity index (χ0n) is 9.36. The molecule has 0 saturated heterocycles. The Hall–Kier alpha value is -1.25. The summed E-state index contributed by atoms with van der Waals surface area (Å²) in [7, 11) is 1.64. The molecule has 1 aliphatic rings. The van der Waals surface area contributed by atoms with Gasteiger partial charge < -0.3 is 10.1 Å². The Morgan fingerprint density at radius 2 is 2.33 bits per heavy atom. The number of rotatable bonds is 4. The van der Waals surface area contributed by atoms with E-state index in [0.29, 0.717) is 11.9 Å². The normalized spacial score (nSPS) is 18.0. The Balaban J connectivity index is 1.96. The van der Waals surface area contributed by atoms with Crippen LogP contribution in [0.4, 0.5) is 5.69 Å². The van der Waals surface area contributed by atoms with E-state index in [0.717, 1.165) is 11.6 Å². The van der Waals surface area contributed by atoms with Crippen molar-refractivity contribution in [1.29, 1.82) is 0 Å². The molecule has 1 unspecified atom stereocenters. The quantitative estimate of drug-likeness (QED) is 0.822. The lowest BCUT2D eigenvalue weighted by atomic mass is 9.80. The van der Waals surface area contributed by atoms with Gasteiger partial charge in [0.15, 0.2) is 0 Å². The first kappa shape index (κ1) is 10.3. The molecule has 1 saturated carbocycles. The second-order valence-electron chi connectivity index (χ2n) is 4.21. The zero-order valence-corrected chi connectivity index (χ0v) is 9.36. The largest absolute Gasteiger partial charge is 0.481 e. The van der Waals surface area contributed by atoms with Gasteiger partial charge in [0, 0.05) is 24.0 Å². The summed E-state index contributed by atoms with van der Waals surface area (Å²) in [5.74, 6) is 1.50. The maximum atomic E-state index is 5.09. The van der Waals surface area contributed by atoms with E-state index in [1.54, 1.807) is 13.3 Å². The van der Waals surface area contributed by atoms with Crippen molar-refractivity contribution in [3.05, 3.63) is 18.3 Å². The minimum absolute atomic E-state index is 0.547. The molecule has 0 aromatic carbocycles. The lowest BCUT2D eigenvalue weighted by Gasteiger charge is -2.32. The standard InChI is InChI=1S/C12H18N2O/c1-9(10-4-3-5-10)14-11-6-7-13-12(8-11)15-2/h6-10H,3-5H2,1-2H3,(H,13,14). The SMILES string of the molecule is COc1cc(NC(C)C2CCC2)ccn1. The van der Waals surface area contributed by atoms with E-state index in [2.05, 4.69) is 17.2 Å². The van der Waals surface area contributed by atoms with E-state index in [9.17, 15) is 0 Å². The number of methoxy groups -OCH3 is 1. The Morgan fingerprint density at radius 3 is 2.93 bits per heavy atom. The van der Waals surface area contributed by atoms with E-state index >= 15 is 0 Å².